The summed E-state index contributed by atoms with van der Waals surface area (Å²) in [4.78, 5) is 24.5. The molecule has 0 aromatic rings. The number of esters is 2. The molecular weight excluding hydrogens is 789 g/mol. The fourth-order valence-corrected chi connectivity index (χ4v) is 7.87. The first-order valence-corrected chi connectivity index (χ1v) is 27.5. The molecule has 5 heteroatoms. The van der Waals surface area contributed by atoms with Gasteiger partial charge in [-0.3, -0.25) is 9.59 Å². The van der Waals surface area contributed by atoms with Crippen LogP contribution in [0.2, 0.25) is 0 Å². The maximum Gasteiger partial charge on any atom is 0.306 e. The van der Waals surface area contributed by atoms with E-state index in [1.54, 1.807) is 0 Å². The second-order valence-electron chi connectivity index (χ2n) is 18.3. The van der Waals surface area contributed by atoms with Crippen LogP contribution in [-0.2, 0) is 19.1 Å². The van der Waals surface area contributed by atoms with Crippen molar-refractivity contribution in [3.8, 4) is 0 Å². The van der Waals surface area contributed by atoms with E-state index < -0.39 is 6.10 Å². The predicted octanol–water partition coefficient (Wildman–Crippen LogP) is 18.4. The summed E-state index contributed by atoms with van der Waals surface area (Å²) >= 11 is 0. The lowest BCUT2D eigenvalue weighted by atomic mass is 10.0. The summed E-state index contributed by atoms with van der Waals surface area (Å²) in [6.07, 6.45) is 74.3. The maximum absolute atomic E-state index is 12.3. The largest absolute Gasteiger partial charge is 0.462 e. The molecule has 0 aromatic carbocycles. The molecule has 0 aliphatic carbocycles. The van der Waals surface area contributed by atoms with Gasteiger partial charge in [0.1, 0.15) is 6.61 Å². The SMILES string of the molecule is CC/C=C\C/C=C\C/C=C\C/C=C\C/C=C\CCCCCCCCCCCCCC(=O)OC(CO)COC(=O)CCCCCCCCCCCCC/C=C\CCCCCCCCCC. The van der Waals surface area contributed by atoms with Gasteiger partial charge in [0.05, 0.1) is 6.61 Å². The van der Waals surface area contributed by atoms with Gasteiger partial charge in [0.2, 0.25) is 0 Å². The van der Waals surface area contributed by atoms with E-state index in [-0.39, 0.29) is 25.2 Å². The molecule has 370 valence electrons. The van der Waals surface area contributed by atoms with Gasteiger partial charge in [-0.2, -0.15) is 0 Å². The number of allylic oxidation sites excluding steroid dienone is 12. The molecule has 1 unspecified atom stereocenters. The van der Waals surface area contributed by atoms with Crippen LogP contribution >= 0.6 is 0 Å². The summed E-state index contributed by atoms with van der Waals surface area (Å²) in [6.45, 7) is 4.05. The summed E-state index contributed by atoms with van der Waals surface area (Å²) in [6, 6.07) is 0. The molecule has 0 amide bonds. The highest BCUT2D eigenvalue weighted by molar-refractivity contribution is 5.70. The second kappa shape index (κ2) is 54.7. The van der Waals surface area contributed by atoms with Crippen LogP contribution in [0.3, 0.4) is 0 Å². The molecule has 0 rings (SSSR count). The minimum absolute atomic E-state index is 0.0680. The number of aliphatic hydroxyl groups excluding tert-OH is 1. The van der Waals surface area contributed by atoms with E-state index in [2.05, 4.69) is 86.8 Å². The summed E-state index contributed by atoms with van der Waals surface area (Å²) in [7, 11) is 0. The quantitative estimate of drug-likeness (QED) is 0.0374. The summed E-state index contributed by atoms with van der Waals surface area (Å²) in [5.74, 6) is -0.589. The molecule has 0 aliphatic heterocycles. The molecule has 0 heterocycles. The van der Waals surface area contributed by atoms with Crippen LogP contribution < -0.4 is 0 Å². The molecule has 0 bridgehead atoms. The van der Waals surface area contributed by atoms with Gasteiger partial charge < -0.3 is 14.6 Å². The lowest BCUT2D eigenvalue weighted by Gasteiger charge is -2.15. The molecule has 1 atom stereocenters. The number of hydrogen-bond acceptors (Lipinski definition) is 5. The number of hydrogen-bond donors (Lipinski definition) is 1. The standard InChI is InChI=1S/C59H104O5/c1-3-5-7-9-11-13-15-17-19-21-23-25-27-28-29-30-32-34-36-38-40-42-44-46-48-50-52-54-59(62)64-57(55-60)56-63-58(61)53-51-49-47-45-43-41-39-37-35-33-31-26-24-22-20-18-16-14-12-10-8-6-4-2/h5,7,11,13,17,19,22-25,28-29,57,60H,3-4,6,8-10,12,14-16,18,20-21,26-27,30-56H2,1-2H3/b7-5-,13-11-,19-17-,24-22-,25-23-,29-28-. The molecule has 64 heavy (non-hydrogen) atoms. The highest BCUT2D eigenvalue weighted by atomic mass is 16.6. The second-order valence-corrected chi connectivity index (χ2v) is 18.3. The van der Waals surface area contributed by atoms with Crippen LogP contribution in [0.4, 0.5) is 0 Å². The van der Waals surface area contributed by atoms with Crippen molar-refractivity contribution < 1.29 is 24.2 Å². The molecular formula is C59H104O5. The number of aliphatic hydroxyl groups is 1. The first-order chi connectivity index (χ1) is 31.6. The number of carbonyl (C=O) groups is 2. The molecule has 0 radical (unpaired) electrons. The minimum atomic E-state index is -0.777. The van der Waals surface area contributed by atoms with Crippen LogP contribution in [0, 0.1) is 0 Å². The fraction of sp³-hybridized carbons (Fsp3) is 0.763. The number of unbranched alkanes of at least 4 members (excludes halogenated alkanes) is 30. The summed E-state index contributed by atoms with van der Waals surface area (Å²) in [5, 5.41) is 9.65. The van der Waals surface area contributed by atoms with E-state index >= 15 is 0 Å². The number of carbonyl (C=O) groups excluding carboxylic acids is 2. The van der Waals surface area contributed by atoms with Crippen LogP contribution in [0.1, 0.15) is 271 Å². The van der Waals surface area contributed by atoms with Crippen molar-refractivity contribution in [1.82, 2.24) is 0 Å². The fourth-order valence-electron chi connectivity index (χ4n) is 7.87. The van der Waals surface area contributed by atoms with Crippen molar-refractivity contribution >= 4 is 11.9 Å². The monoisotopic (exact) mass is 893 g/mol. The van der Waals surface area contributed by atoms with Crippen molar-refractivity contribution in [1.29, 1.82) is 0 Å². The Morgan fingerprint density at radius 2 is 0.672 bits per heavy atom. The molecule has 0 aromatic heterocycles. The maximum atomic E-state index is 12.3. The van der Waals surface area contributed by atoms with Crippen LogP contribution in [-0.4, -0.2) is 36.4 Å². The first-order valence-electron chi connectivity index (χ1n) is 27.5. The Balaban J connectivity index is 3.50. The summed E-state index contributed by atoms with van der Waals surface area (Å²) < 4.78 is 10.7. The van der Waals surface area contributed by atoms with E-state index in [0.717, 1.165) is 70.6 Å². The lowest BCUT2D eigenvalue weighted by molar-refractivity contribution is -0.161. The van der Waals surface area contributed by atoms with Gasteiger partial charge in [-0.1, -0.05) is 247 Å². The van der Waals surface area contributed by atoms with E-state index in [4.69, 9.17) is 9.47 Å². The van der Waals surface area contributed by atoms with E-state index in [0.29, 0.717) is 12.8 Å². The predicted molar refractivity (Wildman–Crippen MR) is 279 cm³/mol. The average molecular weight is 893 g/mol. The lowest BCUT2D eigenvalue weighted by Crippen LogP contribution is -2.28. The Hall–Kier alpha value is -2.66. The van der Waals surface area contributed by atoms with Gasteiger partial charge in [0.15, 0.2) is 6.10 Å². The van der Waals surface area contributed by atoms with Crippen LogP contribution in [0.25, 0.3) is 0 Å². The molecule has 0 fully saturated rings. The first kappa shape index (κ1) is 61.3. The number of rotatable bonds is 50. The van der Waals surface area contributed by atoms with E-state index in [9.17, 15) is 14.7 Å². The highest BCUT2D eigenvalue weighted by Gasteiger charge is 2.16. The smallest absolute Gasteiger partial charge is 0.306 e. The third-order valence-electron chi connectivity index (χ3n) is 12.0. The Bertz CT molecular complexity index is 1150. The molecule has 0 saturated heterocycles. The minimum Gasteiger partial charge on any atom is -0.462 e. The van der Waals surface area contributed by atoms with Crippen molar-refractivity contribution in [3.05, 3.63) is 72.9 Å². The third kappa shape index (κ3) is 52.0. The van der Waals surface area contributed by atoms with Crippen molar-refractivity contribution in [2.45, 2.75) is 277 Å². The molecule has 0 saturated carbocycles. The Morgan fingerprint density at radius 1 is 0.375 bits per heavy atom. The third-order valence-corrected chi connectivity index (χ3v) is 12.0. The van der Waals surface area contributed by atoms with E-state index in [1.165, 1.54) is 173 Å². The van der Waals surface area contributed by atoms with Crippen molar-refractivity contribution in [2.24, 2.45) is 0 Å². The van der Waals surface area contributed by atoms with Gasteiger partial charge >= 0.3 is 11.9 Å². The van der Waals surface area contributed by atoms with Gasteiger partial charge in [-0.05, 0) is 83.5 Å². The van der Waals surface area contributed by atoms with E-state index in [1.807, 2.05) is 0 Å². The molecule has 0 aliphatic rings. The zero-order chi connectivity index (χ0) is 46.3. The Kier molecular flexibility index (Phi) is 52.4. The van der Waals surface area contributed by atoms with Crippen molar-refractivity contribution in [3.63, 3.8) is 0 Å². The Labute approximate surface area is 397 Å². The zero-order valence-electron chi connectivity index (χ0n) is 42.3. The highest BCUT2D eigenvalue weighted by Crippen LogP contribution is 2.16. The van der Waals surface area contributed by atoms with Gasteiger partial charge in [0, 0.05) is 12.8 Å². The van der Waals surface area contributed by atoms with Crippen LogP contribution in [0.5, 0.6) is 0 Å². The molecule has 0 spiro atoms. The molecule has 5 nitrogen and oxygen atoms in total. The van der Waals surface area contributed by atoms with Gasteiger partial charge in [0.25, 0.3) is 0 Å². The number of ether oxygens (including phenoxy) is 2. The average Bonchev–Trinajstić information content (AvgIpc) is 3.30. The zero-order valence-corrected chi connectivity index (χ0v) is 42.3. The normalized spacial score (nSPS) is 12.7. The Morgan fingerprint density at radius 3 is 1.03 bits per heavy atom. The molecule has 1 N–H and O–H groups in total. The topological polar surface area (TPSA) is 72.8 Å². The van der Waals surface area contributed by atoms with Gasteiger partial charge in [-0.15, -0.1) is 0 Å². The van der Waals surface area contributed by atoms with Crippen molar-refractivity contribution in [2.75, 3.05) is 13.2 Å². The van der Waals surface area contributed by atoms with Gasteiger partial charge in [-0.25, -0.2) is 0 Å². The summed E-state index contributed by atoms with van der Waals surface area (Å²) in [5.41, 5.74) is 0. The van der Waals surface area contributed by atoms with Crippen LogP contribution in [0.15, 0.2) is 72.9 Å².